The highest BCUT2D eigenvalue weighted by Gasteiger charge is 2.31. The smallest absolute Gasteiger partial charge is 0.407 e. The molecule has 43 heavy (non-hydrogen) atoms. The average molecular weight is 597 g/mol. The van der Waals surface area contributed by atoms with Gasteiger partial charge in [-0.2, -0.15) is 4.98 Å². The number of aromatic nitrogens is 4. The first-order valence-electron chi connectivity index (χ1n) is 14.4. The molecule has 1 atom stereocenters. The minimum Gasteiger partial charge on any atom is -0.465 e. The highest BCUT2D eigenvalue weighted by Crippen LogP contribution is 2.38. The highest BCUT2D eigenvalue weighted by molar-refractivity contribution is 6.34. The van der Waals surface area contributed by atoms with Crippen molar-refractivity contribution in [2.24, 2.45) is 0 Å². The third kappa shape index (κ3) is 4.87. The van der Waals surface area contributed by atoms with Crippen LogP contribution < -0.4 is 10.6 Å². The third-order valence-corrected chi connectivity index (χ3v) is 8.55. The molecular weight excluding hydrogens is 564 g/mol. The maximum absolute atomic E-state index is 14.1. The van der Waals surface area contributed by atoms with Crippen LogP contribution in [-0.4, -0.2) is 61.3 Å². The molecule has 0 spiro atoms. The van der Waals surface area contributed by atoms with Gasteiger partial charge in [0.2, 0.25) is 0 Å². The normalized spacial score (nSPS) is 15.6. The lowest BCUT2D eigenvalue weighted by atomic mass is 9.97. The topological polar surface area (TPSA) is 104 Å². The van der Waals surface area contributed by atoms with Gasteiger partial charge in [-0.3, -0.25) is 4.98 Å². The van der Waals surface area contributed by atoms with Crippen molar-refractivity contribution in [2.75, 3.05) is 24.5 Å². The molecule has 1 aliphatic rings. The number of hydrogen-bond acceptors (Lipinski definition) is 6. The Kier molecular flexibility index (Phi) is 7.30. The molecule has 0 aliphatic carbocycles. The first-order chi connectivity index (χ1) is 20.6. The Balaban J connectivity index is 1.69. The van der Waals surface area contributed by atoms with Gasteiger partial charge in [0.15, 0.2) is 5.65 Å². The van der Waals surface area contributed by atoms with Crippen molar-refractivity contribution >= 4 is 45.3 Å². The van der Waals surface area contributed by atoms with E-state index in [2.05, 4.69) is 35.1 Å². The second kappa shape index (κ2) is 11.0. The van der Waals surface area contributed by atoms with E-state index in [9.17, 15) is 14.7 Å². The van der Waals surface area contributed by atoms with Crippen LogP contribution in [0, 0.1) is 13.8 Å². The van der Waals surface area contributed by atoms with E-state index in [1.807, 2.05) is 62.9 Å². The lowest BCUT2D eigenvalue weighted by Gasteiger charge is -2.39. The van der Waals surface area contributed by atoms with E-state index in [-0.39, 0.29) is 18.5 Å². The molecule has 3 aromatic heterocycles. The van der Waals surface area contributed by atoms with E-state index in [1.165, 1.54) is 4.90 Å². The number of hydrogen-bond donors (Lipinski definition) is 1. The first kappa shape index (κ1) is 28.6. The molecule has 1 saturated heterocycles. The molecule has 9 nitrogen and oxygen atoms in total. The summed E-state index contributed by atoms with van der Waals surface area (Å²) in [6.07, 6.45) is 0.786. The Morgan fingerprint density at radius 3 is 2.49 bits per heavy atom. The van der Waals surface area contributed by atoms with Gasteiger partial charge < -0.3 is 14.9 Å². The Morgan fingerprint density at radius 1 is 1.05 bits per heavy atom. The summed E-state index contributed by atoms with van der Waals surface area (Å²) in [6, 6.07) is 15.7. The molecule has 1 aliphatic heterocycles. The van der Waals surface area contributed by atoms with Crippen LogP contribution in [0.1, 0.15) is 43.5 Å². The molecule has 1 fully saturated rings. The first-order valence-corrected chi connectivity index (χ1v) is 14.8. The van der Waals surface area contributed by atoms with Gasteiger partial charge in [0, 0.05) is 37.4 Å². The van der Waals surface area contributed by atoms with Gasteiger partial charge in [-0.25, -0.2) is 19.1 Å². The Morgan fingerprint density at radius 2 is 1.79 bits per heavy atom. The number of rotatable bonds is 4. The molecule has 1 amide bonds. The van der Waals surface area contributed by atoms with Gasteiger partial charge in [0.1, 0.15) is 5.82 Å². The predicted molar refractivity (Wildman–Crippen MR) is 171 cm³/mol. The standard InChI is InChI=1S/C33H33ClN6O3/c1-18(2)27-29(20(4)12-13-35-27)40-31-24(30(37-32(40)41)39-15-14-38(33(42)43)17-21(39)5)16-25(34)28(36-31)23-11-7-10-22-9-6-8-19(3)26(22)23/h6-13,16,18,21H,14-15,17H2,1-5H3,(H,42,43)/t21-/m0/s1. The van der Waals surface area contributed by atoms with E-state index in [4.69, 9.17) is 16.6 Å². The van der Waals surface area contributed by atoms with E-state index in [0.717, 1.165) is 33.2 Å². The zero-order valence-electron chi connectivity index (χ0n) is 24.8. The molecule has 5 aromatic rings. The van der Waals surface area contributed by atoms with E-state index < -0.39 is 11.8 Å². The summed E-state index contributed by atoms with van der Waals surface area (Å²) in [5, 5.41) is 12.7. The summed E-state index contributed by atoms with van der Waals surface area (Å²) in [7, 11) is 0. The number of anilines is 1. The number of piperazine rings is 1. The summed E-state index contributed by atoms with van der Waals surface area (Å²) in [5.41, 5.74) is 4.76. The van der Waals surface area contributed by atoms with Crippen LogP contribution in [0.3, 0.4) is 0 Å². The van der Waals surface area contributed by atoms with Crippen molar-refractivity contribution in [1.29, 1.82) is 0 Å². The summed E-state index contributed by atoms with van der Waals surface area (Å²) >= 11 is 7.06. The van der Waals surface area contributed by atoms with E-state index in [0.29, 0.717) is 46.3 Å². The second-order valence-corrected chi connectivity index (χ2v) is 11.9. The Bertz CT molecular complexity index is 1970. The fourth-order valence-corrected chi connectivity index (χ4v) is 6.42. The summed E-state index contributed by atoms with van der Waals surface area (Å²) < 4.78 is 1.56. The number of halogens is 1. The minimum atomic E-state index is -0.965. The number of benzene rings is 2. The van der Waals surface area contributed by atoms with Gasteiger partial charge in [-0.1, -0.05) is 61.8 Å². The van der Waals surface area contributed by atoms with Crippen molar-refractivity contribution in [1.82, 2.24) is 24.4 Å². The SMILES string of the molecule is Cc1ccnc(C(C)C)c1-n1c(=O)nc(N2CCN(C(=O)O)C[C@@H]2C)c2cc(Cl)c(-c3cccc4cccc(C)c34)nc21. The van der Waals surface area contributed by atoms with Gasteiger partial charge in [-0.05, 0) is 60.7 Å². The van der Waals surface area contributed by atoms with Gasteiger partial charge >= 0.3 is 11.8 Å². The summed E-state index contributed by atoms with van der Waals surface area (Å²) in [5.74, 6) is 0.476. The molecule has 0 radical (unpaired) electrons. The second-order valence-electron chi connectivity index (χ2n) is 11.5. The quantitative estimate of drug-likeness (QED) is 0.250. The minimum absolute atomic E-state index is 0.0353. The van der Waals surface area contributed by atoms with Gasteiger partial charge in [0.25, 0.3) is 0 Å². The number of nitrogens with zero attached hydrogens (tertiary/aromatic N) is 6. The predicted octanol–water partition coefficient (Wildman–Crippen LogP) is 6.58. The summed E-state index contributed by atoms with van der Waals surface area (Å²) in [4.78, 5) is 43.6. The molecule has 220 valence electrons. The van der Waals surface area contributed by atoms with Crippen LogP contribution in [0.4, 0.5) is 10.6 Å². The van der Waals surface area contributed by atoms with Crippen molar-refractivity contribution in [3.8, 4) is 16.9 Å². The Labute approximate surface area is 254 Å². The number of pyridine rings is 2. The van der Waals surface area contributed by atoms with Gasteiger partial charge in [-0.15, -0.1) is 0 Å². The number of aryl methyl sites for hydroxylation is 2. The molecule has 2 aromatic carbocycles. The molecule has 6 rings (SSSR count). The maximum atomic E-state index is 14.1. The van der Waals surface area contributed by atoms with Crippen LogP contribution in [0.15, 0.2) is 59.5 Å². The van der Waals surface area contributed by atoms with Gasteiger partial charge in [0.05, 0.1) is 27.5 Å². The number of carboxylic acid groups (broad SMARTS) is 1. The molecule has 0 saturated carbocycles. The fraction of sp³-hybridized carbons (Fsp3) is 0.303. The van der Waals surface area contributed by atoms with Crippen molar-refractivity contribution in [3.63, 3.8) is 0 Å². The van der Waals surface area contributed by atoms with Crippen molar-refractivity contribution in [2.45, 2.75) is 46.6 Å². The van der Waals surface area contributed by atoms with E-state index >= 15 is 0 Å². The molecule has 4 heterocycles. The van der Waals surface area contributed by atoms with Crippen molar-refractivity contribution < 1.29 is 9.90 Å². The molecule has 1 N–H and O–H groups in total. The highest BCUT2D eigenvalue weighted by atomic mass is 35.5. The number of carbonyl (C=O) groups is 1. The third-order valence-electron chi connectivity index (χ3n) is 8.26. The van der Waals surface area contributed by atoms with Crippen LogP contribution in [0.2, 0.25) is 5.02 Å². The van der Waals surface area contributed by atoms with Crippen LogP contribution in [0.5, 0.6) is 0 Å². The molecule has 10 heteroatoms. The van der Waals surface area contributed by atoms with Crippen LogP contribution in [-0.2, 0) is 0 Å². The van der Waals surface area contributed by atoms with Crippen LogP contribution >= 0.6 is 11.6 Å². The molecule has 0 unspecified atom stereocenters. The Hall–Kier alpha value is -4.50. The summed E-state index contributed by atoms with van der Waals surface area (Å²) in [6.45, 7) is 11.0. The average Bonchev–Trinajstić information content (AvgIpc) is 2.97. The lowest BCUT2D eigenvalue weighted by Crippen LogP contribution is -2.54. The maximum Gasteiger partial charge on any atom is 0.407 e. The zero-order valence-corrected chi connectivity index (χ0v) is 25.6. The monoisotopic (exact) mass is 596 g/mol. The largest absolute Gasteiger partial charge is 0.465 e. The molecule has 0 bridgehead atoms. The zero-order chi connectivity index (χ0) is 30.6. The fourth-order valence-electron chi connectivity index (χ4n) is 6.17. The number of fused-ring (bicyclic) bond motifs is 2. The van der Waals surface area contributed by atoms with E-state index in [1.54, 1.807) is 10.8 Å². The van der Waals surface area contributed by atoms with Crippen molar-refractivity contribution in [3.05, 3.63) is 87.1 Å². The number of amides is 1. The molecular formula is C33H33ClN6O3. The van der Waals surface area contributed by atoms with Crippen LogP contribution in [0.25, 0.3) is 38.8 Å². The lowest BCUT2D eigenvalue weighted by molar-refractivity contribution is 0.136.